The normalized spacial score (nSPS) is 20.6. The van der Waals surface area contributed by atoms with Crippen molar-refractivity contribution in [3.8, 4) is 0 Å². The van der Waals surface area contributed by atoms with Crippen LogP contribution in [0.25, 0.3) is 10.9 Å². The number of aromatic amines is 1. The van der Waals surface area contributed by atoms with Crippen molar-refractivity contribution >= 4 is 16.6 Å². The summed E-state index contributed by atoms with van der Waals surface area (Å²) in [4.78, 5) is 3.62. The van der Waals surface area contributed by atoms with Crippen molar-refractivity contribution in [3.05, 3.63) is 64.9 Å². The van der Waals surface area contributed by atoms with Gasteiger partial charge in [0.1, 0.15) is 5.82 Å². The van der Waals surface area contributed by atoms with Crippen molar-refractivity contribution in [1.29, 1.82) is 0 Å². The van der Waals surface area contributed by atoms with Gasteiger partial charge >= 0.3 is 6.18 Å². The molecule has 0 spiro atoms. The predicted molar refractivity (Wildman–Crippen MR) is 126 cm³/mol. The molecule has 3 aromatic rings. The molecule has 0 unspecified atom stereocenters. The SMILES string of the molecule is C[C@@H]1Cc2c([nH]c3ccccc23)[C@](O)(c2c(F)ccc(NCCNCCCF)c2F)N1CC(F)(F)F. The number of aliphatic hydroxyl groups is 1. The van der Waals surface area contributed by atoms with E-state index in [0.717, 1.165) is 12.1 Å². The number of anilines is 1. The number of halogens is 6. The summed E-state index contributed by atoms with van der Waals surface area (Å²) in [6, 6.07) is 8.06. The molecule has 36 heavy (non-hydrogen) atoms. The Labute approximate surface area is 204 Å². The van der Waals surface area contributed by atoms with Gasteiger partial charge in [0, 0.05) is 30.0 Å². The molecule has 2 atom stereocenters. The summed E-state index contributed by atoms with van der Waals surface area (Å²) in [5, 5.41) is 18.4. The minimum Gasteiger partial charge on any atom is -0.381 e. The number of benzene rings is 2. The molecule has 1 aliphatic rings. The summed E-state index contributed by atoms with van der Waals surface area (Å²) in [7, 11) is 0. The molecule has 4 N–H and O–H groups in total. The van der Waals surface area contributed by atoms with Crippen LogP contribution >= 0.6 is 0 Å². The van der Waals surface area contributed by atoms with E-state index in [9.17, 15) is 22.7 Å². The molecular weight excluding hydrogens is 486 g/mol. The van der Waals surface area contributed by atoms with Crippen molar-refractivity contribution in [2.75, 3.05) is 38.2 Å². The number of aromatic nitrogens is 1. The van der Waals surface area contributed by atoms with E-state index in [1.54, 1.807) is 24.3 Å². The Morgan fingerprint density at radius 1 is 1.11 bits per heavy atom. The minimum atomic E-state index is -4.74. The van der Waals surface area contributed by atoms with Crippen LogP contribution in [0.4, 0.5) is 32.0 Å². The number of rotatable bonds is 9. The van der Waals surface area contributed by atoms with E-state index in [0.29, 0.717) is 40.9 Å². The van der Waals surface area contributed by atoms with Crippen LogP contribution in [-0.2, 0) is 12.1 Å². The largest absolute Gasteiger partial charge is 0.401 e. The summed E-state index contributed by atoms with van der Waals surface area (Å²) in [6.45, 7) is 0.393. The number of fused-ring (bicyclic) bond motifs is 3. The third kappa shape index (κ3) is 4.91. The second kappa shape index (κ2) is 10.3. The Kier molecular flexibility index (Phi) is 7.53. The zero-order valence-electron chi connectivity index (χ0n) is 19.7. The molecule has 0 saturated carbocycles. The fraction of sp³-hybridized carbons (Fsp3) is 0.440. The van der Waals surface area contributed by atoms with Gasteiger partial charge in [0.2, 0.25) is 0 Å². The lowest BCUT2D eigenvalue weighted by Gasteiger charge is -2.47. The molecular formula is C25H28F6N4O. The minimum absolute atomic E-state index is 0.0890. The van der Waals surface area contributed by atoms with Crippen molar-refractivity contribution in [2.45, 2.75) is 37.7 Å². The molecule has 0 saturated heterocycles. The third-order valence-corrected chi connectivity index (χ3v) is 6.50. The van der Waals surface area contributed by atoms with Crippen molar-refractivity contribution in [1.82, 2.24) is 15.2 Å². The fourth-order valence-electron chi connectivity index (χ4n) is 4.92. The van der Waals surface area contributed by atoms with Gasteiger partial charge in [-0.3, -0.25) is 9.29 Å². The van der Waals surface area contributed by atoms with Gasteiger partial charge in [0.15, 0.2) is 11.5 Å². The number of nitrogens with zero attached hydrogens (tertiary/aromatic N) is 1. The molecule has 2 heterocycles. The van der Waals surface area contributed by atoms with Gasteiger partial charge in [-0.25, -0.2) is 8.78 Å². The molecule has 0 aliphatic carbocycles. The third-order valence-electron chi connectivity index (χ3n) is 6.50. The monoisotopic (exact) mass is 514 g/mol. The van der Waals surface area contributed by atoms with Crippen LogP contribution < -0.4 is 10.6 Å². The lowest BCUT2D eigenvalue weighted by Crippen LogP contribution is -2.59. The maximum absolute atomic E-state index is 15.8. The molecule has 4 rings (SSSR count). The highest BCUT2D eigenvalue weighted by Gasteiger charge is 2.53. The quantitative estimate of drug-likeness (QED) is 0.245. The molecule has 0 bridgehead atoms. The summed E-state index contributed by atoms with van der Waals surface area (Å²) in [6.07, 6.45) is -4.27. The fourth-order valence-corrected chi connectivity index (χ4v) is 4.92. The Hall–Kier alpha value is -2.76. The number of nitrogens with one attached hydrogen (secondary N) is 3. The van der Waals surface area contributed by atoms with E-state index >= 15 is 8.78 Å². The highest BCUT2D eigenvalue weighted by Crippen LogP contribution is 2.47. The molecule has 2 aromatic carbocycles. The van der Waals surface area contributed by atoms with Crippen LogP contribution in [0.2, 0.25) is 0 Å². The van der Waals surface area contributed by atoms with Crippen LogP contribution in [0.1, 0.15) is 30.2 Å². The lowest BCUT2D eigenvalue weighted by atomic mass is 9.84. The Bertz CT molecular complexity index is 1210. The van der Waals surface area contributed by atoms with Gasteiger partial charge in [-0.1, -0.05) is 18.2 Å². The topological polar surface area (TPSA) is 63.3 Å². The zero-order valence-corrected chi connectivity index (χ0v) is 19.7. The van der Waals surface area contributed by atoms with Gasteiger partial charge in [-0.15, -0.1) is 0 Å². The molecule has 1 aromatic heterocycles. The van der Waals surface area contributed by atoms with Crippen LogP contribution in [0.3, 0.4) is 0 Å². The van der Waals surface area contributed by atoms with Gasteiger partial charge in [0.25, 0.3) is 0 Å². The van der Waals surface area contributed by atoms with Crippen molar-refractivity contribution in [3.63, 3.8) is 0 Å². The number of para-hydroxylation sites is 1. The maximum atomic E-state index is 15.8. The smallest absolute Gasteiger partial charge is 0.381 e. The van der Waals surface area contributed by atoms with E-state index in [2.05, 4.69) is 15.6 Å². The van der Waals surface area contributed by atoms with E-state index in [1.807, 2.05) is 0 Å². The standard InChI is InChI=1S/C25H28F6N4O/c1-15-13-17-16-5-2-3-6-19(16)34-23(17)25(36,35(15)14-24(29,30)31)21-18(27)7-8-20(22(21)28)33-12-11-32-10-4-9-26/h2-3,5-8,15,32-34,36H,4,9-14H2,1H3/t15-,25-/m1/s1. The molecule has 196 valence electrons. The Morgan fingerprint density at radius 2 is 1.86 bits per heavy atom. The zero-order chi connectivity index (χ0) is 26.1. The second-order valence-electron chi connectivity index (χ2n) is 9.00. The number of H-pyrrole nitrogens is 1. The van der Waals surface area contributed by atoms with Crippen LogP contribution in [0.5, 0.6) is 0 Å². The van der Waals surface area contributed by atoms with E-state index in [-0.39, 0.29) is 24.3 Å². The lowest BCUT2D eigenvalue weighted by molar-refractivity contribution is -0.203. The molecule has 5 nitrogen and oxygen atoms in total. The Balaban J connectivity index is 1.81. The average molecular weight is 515 g/mol. The molecule has 0 fully saturated rings. The predicted octanol–water partition coefficient (Wildman–Crippen LogP) is 4.81. The van der Waals surface area contributed by atoms with Gasteiger partial charge in [-0.05, 0) is 50.1 Å². The summed E-state index contributed by atoms with van der Waals surface area (Å²) >= 11 is 0. The molecule has 1 aliphatic heterocycles. The van der Waals surface area contributed by atoms with Crippen molar-refractivity contribution < 1.29 is 31.4 Å². The first kappa shape index (κ1) is 26.3. The van der Waals surface area contributed by atoms with Gasteiger partial charge < -0.3 is 20.7 Å². The first-order valence-corrected chi connectivity index (χ1v) is 11.7. The number of hydrogen-bond donors (Lipinski definition) is 4. The highest BCUT2D eigenvalue weighted by molar-refractivity contribution is 5.85. The summed E-state index contributed by atoms with van der Waals surface area (Å²) in [5.74, 6) is -2.36. The first-order chi connectivity index (χ1) is 17.1. The van der Waals surface area contributed by atoms with Crippen LogP contribution in [0, 0.1) is 11.6 Å². The van der Waals surface area contributed by atoms with Gasteiger partial charge in [-0.2, -0.15) is 13.2 Å². The van der Waals surface area contributed by atoms with Crippen LogP contribution in [0.15, 0.2) is 36.4 Å². The van der Waals surface area contributed by atoms with Crippen molar-refractivity contribution in [2.24, 2.45) is 0 Å². The molecule has 11 heteroatoms. The number of alkyl halides is 4. The summed E-state index contributed by atoms with van der Waals surface area (Å²) < 4.78 is 84.2. The van der Waals surface area contributed by atoms with E-state index < -0.39 is 48.4 Å². The van der Waals surface area contributed by atoms with E-state index in [1.165, 1.54) is 6.92 Å². The number of hydrogen-bond acceptors (Lipinski definition) is 4. The van der Waals surface area contributed by atoms with Crippen LogP contribution in [-0.4, -0.2) is 60.1 Å². The second-order valence-corrected chi connectivity index (χ2v) is 9.00. The Morgan fingerprint density at radius 3 is 2.58 bits per heavy atom. The van der Waals surface area contributed by atoms with E-state index in [4.69, 9.17) is 0 Å². The molecule has 0 amide bonds. The first-order valence-electron chi connectivity index (χ1n) is 11.7. The highest BCUT2D eigenvalue weighted by atomic mass is 19.4. The van der Waals surface area contributed by atoms with Gasteiger partial charge in [0.05, 0.1) is 30.2 Å². The average Bonchev–Trinajstić information content (AvgIpc) is 3.19. The molecule has 0 radical (unpaired) electrons. The maximum Gasteiger partial charge on any atom is 0.401 e. The summed E-state index contributed by atoms with van der Waals surface area (Å²) in [5.41, 5.74) is -2.86.